The van der Waals surface area contributed by atoms with Crippen LogP contribution in [0.15, 0.2) is 30.3 Å². The zero-order chi connectivity index (χ0) is 12.8. The fourth-order valence-electron chi connectivity index (χ4n) is 1.33. The molecule has 0 amide bonds. The summed E-state index contributed by atoms with van der Waals surface area (Å²) in [5, 5.41) is 24.3. The van der Waals surface area contributed by atoms with Crippen LogP contribution in [0, 0.1) is 0 Å². The third-order valence-electron chi connectivity index (χ3n) is 2.24. The Kier molecular flexibility index (Phi) is 4.86. The molecular weight excluding hydrogens is 240 g/mol. The minimum atomic E-state index is -1.18. The van der Waals surface area contributed by atoms with Crippen molar-refractivity contribution >= 4 is 23.3 Å². The molecule has 2 unspecified atom stereocenters. The smallest absolute Gasteiger partial charge is 0.329 e. The van der Waals surface area contributed by atoms with Crippen molar-refractivity contribution in [3.63, 3.8) is 0 Å². The second-order valence-electron chi connectivity index (χ2n) is 3.39. The van der Waals surface area contributed by atoms with Gasteiger partial charge in [0.1, 0.15) is 6.10 Å². The number of hydrogen-bond acceptors (Lipinski definition) is 3. The van der Waals surface area contributed by atoms with Crippen molar-refractivity contribution in [3.8, 4) is 0 Å². The molecule has 0 saturated heterocycles. The first-order valence-electron chi connectivity index (χ1n) is 5.00. The van der Waals surface area contributed by atoms with Gasteiger partial charge in [-0.25, -0.2) is 4.79 Å². The molecule has 1 aromatic carbocycles. The maximum absolute atomic E-state index is 11.1. The average Bonchev–Trinajstić information content (AvgIpc) is 2.35. The number of carboxylic acids is 1. The molecule has 0 aliphatic heterocycles. The van der Waals surface area contributed by atoms with Gasteiger partial charge in [-0.05, 0) is 17.8 Å². The van der Waals surface area contributed by atoms with Crippen LogP contribution >= 0.6 is 12.2 Å². The van der Waals surface area contributed by atoms with Crippen molar-refractivity contribution in [2.24, 2.45) is 0 Å². The highest BCUT2D eigenvalue weighted by Crippen LogP contribution is 2.16. The zero-order valence-corrected chi connectivity index (χ0v) is 10.1. The summed E-state index contributed by atoms with van der Waals surface area (Å²) in [5.41, 5.74) is 0.520. The molecule has 0 aliphatic rings. The number of aliphatic hydroxyl groups excluding tert-OH is 1. The summed E-state index contributed by atoms with van der Waals surface area (Å²) < 4.78 is 0. The van der Waals surface area contributed by atoms with E-state index in [1.807, 2.05) is 0 Å². The van der Waals surface area contributed by atoms with Crippen molar-refractivity contribution in [2.75, 3.05) is 7.05 Å². The molecule has 5 nitrogen and oxygen atoms in total. The summed E-state index contributed by atoms with van der Waals surface area (Å²) in [6, 6.07) is 7.38. The van der Waals surface area contributed by atoms with Gasteiger partial charge in [0, 0.05) is 7.05 Å². The van der Waals surface area contributed by atoms with E-state index in [9.17, 15) is 9.90 Å². The molecule has 2 atom stereocenters. The van der Waals surface area contributed by atoms with Gasteiger partial charge in [-0.2, -0.15) is 0 Å². The Morgan fingerprint density at radius 3 is 2.41 bits per heavy atom. The van der Waals surface area contributed by atoms with Crippen molar-refractivity contribution in [2.45, 2.75) is 12.1 Å². The van der Waals surface area contributed by atoms with Crippen molar-refractivity contribution in [1.82, 2.24) is 10.6 Å². The minimum absolute atomic E-state index is 0.174. The zero-order valence-electron chi connectivity index (χ0n) is 9.25. The first-order valence-corrected chi connectivity index (χ1v) is 5.41. The van der Waals surface area contributed by atoms with E-state index in [-0.39, 0.29) is 5.11 Å². The molecule has 1 aromatic rings. The van der Waals surface area contributed by atoms with Crippen molar-refractivity contribution in [3.05, 3.63) is 35.9 Å². The third kappa shape index (κ3) is 3.69. The summed E-state index contributed by atoms with van der Waals surface area (Å²) in [6.07, 6.45) is -1.17. The molecular formula is C11H14N2O3S. The van der Waals surface area contributed by atoms with Crippen LogP contribution < -0.4 is 10.6 Å². The van der Waals surface area contributed by atoms with E-state index in [0.29, 0.717) is 5.56 Å². The maximum atomic E-state index is 11.1. The van der Waals surface area contributed by atoms with Crippen LogP contribution in [0.25, 0.3) is 0 Å². The van der Waals surface area contributed by atoms with Crippen LogP contribution in [0.1, 0.15) is 11.7 Å². The first-order chi connectivity index (χ1) is 8.06. The number of thiocarbonyl (C=S) groups is 1. The van der Waals surface area contributed by atoms with Gasteiger partial charge in [-0.1, -0.05) is 30.3 Å². The van der Waals surface area contributed by atoms with E-state index in [1.54, 1.807) is 37.4 Å². The number of benzene rings is 1. The second kappa shape index (κ2) is 6.17. The lowest BCUT2D eigenvalue weighted by Crippen LogP contribution is -2.48. The first kappa shape index (κ1) is 13.4. The number of carboxylic acid groups (broad SMARTS) is 1. The summed E-state index contributed by atoms with van der Waals surface area (Å²) in [6.45, 7) is 0. The van der Waals surface area contributed by atoms with Crippen LogP contribution in [0.5, 0.6) is 0 Å². The number of aliphatic hydroxyl groups is 1. The Bertz CT molecular complexity index is 397. The fraction of sp³-hybridized carbons (Fsp3) is 0.273. The highest BCUT2D eigenvalue weighted by molar-refractivity contribution is 7.80. The van der Waals surface area contributed by atoms with Gasteiger partial charge in [-0.15, -0.1) is 0 Å². The Balaban J connectivity index is 2.84. The lowest BCUT2D eigenvalue weighted by molar-refractivity contribution is -0.142. The summed E-state index contributed by atoms with van der Waals surface area (Å²) in [7, 11) is 1.57. The number of rotatable bonds is 4. The molecule has 92 valence electrons. The fourth-order valence-corrected chi connectivity index (χ4v) is 1.46. The summed E-state index contributed by atoms with van der Waals surface area (Å²) >= 11 is 4.82. The molecule has 0 spiro atoms. The minimum Gasteiger partial charge on any atom is -0.480 e. The summed E-state index contributed by atoms with van der Waals surface area (Å²) in [4.78, 5) is 11.1. The monoisotopic (exact) mass is 254 g/mol. The van der Waals surface area contributed by atoms with E-state index in [1.165, 1.54) is 0 Å². The number of nitrogens with one attached hydrogen (secondary N) is 2. The van der Waals surface area contributed by atoms with Crippen LogP contribution in [-0.2, 0) is 4.79 Å². The van der Waals surface area contributed by atoms with Crippen LogP contribution in [0.3, 0.4) is 0 Å². The highest BCUT2D eigenvalue weighted by Gasteiger charge is 2.28. The van der Waals surface area contributed by atoms with Gasteiger partial charge in [0.05, 0.1) is 0 Å². The molecule has 0 bridgehead atoms. The van der Waals surface area contributed by atoms with E-state index >= 15 is 0 Å². The molecule has 17 heavy (non-hydrogen) atoms. The van der Waals surface area contributed by atoms with Gasteiger partial charge in [-0.3, -0.25) is 0 Å². The number of aliphatic carboxylic acids is 1. The van der Waals surface area contributed by atoms with E-state index in [0.717, 1.165) is 0 Å². The van der Waals surface area contributed by atoms with E-state index in [2.05, 4.69) is 10.6 Å². The lowest BCUT2D eigenvalue weighted by Gasteiger charge is -2.21. The van der Waals surface area contributed by atoms with Gasteiger partial charge >= 0.3 is 5.97 Å². The van der Waals surface area contributed by atoms with Crippen molar-refractivity contribution in [1.29, 1.82) is 0 Å². The third-order valence-corrected chi connectivity index (χ3v) is 2.56. The SMILES string of the molecule is CNC(=S)NC(C(=O)O)C(O)c1ccccc1. The molecule has 4 N–H and O–H groups in total. The quantitative estimate of drug-likeness (QED) is 0.577. The number of hydrogen-bond donors (Lipinski definition) is 4. The van der Waals surface area contributed by atoms with Gasteiger partial charge in [0.2, 0.25) is 0 Å². The van der Waals surface area contributed by atoms with Crippen LogP contribution in [0.2, 0.25) is 0 Å². The molecule has 6 heteroatoms. The summed E-state index contributed by atoms with van der Waals surface area (Å²) in [5.74, 6) is -1.17. The maximum Gasteiger partial charge on any atom is 0.329 e. The molecule has 0 saturated carbocycles. The lowest BCUT2D eigenvalue weighted by atomic mass is 10.0. The Morgan fingerprint density at radius 1 is 1.35 bits per heavy atom. The van der Waals surface area contributed by atoms with Crippen LogP contribution in [-0.4, -0.2) is 34.4 Å². The molecule has 1 rings (SSSR count). The largest absolute Gasteiger partial charge is 0.480 e. The Hall–Kier alpha value is -1.66. The molecule has 0 aromatic heterocycles. The predicted octanol–water partition coefficient (Wildman–Crippen LogP) is 0.267. The van der Waals surface area contributed by atoms with E-state index in [4.69, 9.17) is 17.3 Å². The number of carbonyl (C=O) groups is 1. The standard InChI is InChI=1S/C11H14N2O3S/c1-12-11(17)13-8(10(15)16)9(14)7-5-3-2-4-6-7/h2-6,8-9,14H,1H3,(H,15,16)(H2,12,13,17). The Morgan fingerprint density at radius 2 is 1.94 bits per heavy atom. The molecule has 0 radical (unpaired) electrons. The Labute approximate surface area is 104 Å². The predicted molar refractivity (Wildman–Crippen MR) is 67.6 cm³/mol. The molecule has 0 fully saturated rings. The highest BCUT2D eigenvalue weighted by atomic mass is 32.1. The average molecular weight is 254 g/mol. The normalized spacial score (nSPS) is 13.5. The van der Waals surface area contributed by atoms with Crippen LogP contribution in [0.4, 0.5) is 0 Å². The van der Waals surface area contributed by atoms with Gasteiger partial charge in [0.15, 0.2) is 11.2 Å². The van der Waals surface area contributed by atoms with E-state index < -0.39 is 18.1 Å². The van der Waals surface area contributed by atoms with Gasteiger partial charge < -0.3 is 20.8 Å². The van der Waals surface area contributed by atoms with Crippen molar-refractivity contribution < 1.29 is 15.0 Å². The second-order valence-corrected chi connectivity index (χ2v) is 3.80. The molecule has 0 aliphatic carbocycles. The molecule has 0 heterocycles. The topological polar surface area (TPSA) is 81.6 Å². The van der Waals surface area contributed by atoms with Gasteiger partial charge in [0.25, 0.3) is 0 Å².